The molecule has 80 valence electrons. The van der Waals surface area contributed by atoms with Gasteiger partial charge in [0.25, 0.3) is 0 Å². The summed E-state index contributed by atoms with van der Waals surface area (Å²) in [5.41, 5.74) is 0. The summed E-state index contributed by atoms with van der Waals surface area (Å²) in [4.78, 5) is 0. The lowest BCUT2D eigenvalue weighted by atomic mass is 10.1. The zero-order chi connectivity index (χ0) is 9.78. The summed E-state index contributed by atoms with van der Waals surface area (Å²) >= 11 is 0. The van der Waals surface area contributed by atoms with Crippen LogP contribution in [0.15, 0.2) is 0 Å². The van der Waals surface area contributed by atoms with E-state index in [0.717, 1.165) is 6.61 Å². The molecule has 0 aromatic rings. The Kier molecular flexibility index (Phi) is 12.7. The lowest BCUT2D eigenvalue weighted by Crippen LogP contribution is -1.86. The average Bonchev–Trinajstić information content (AvgIpc) is 2.16. The summed E-state index contributed by atoms with van der Waals surface area (Å²) in [5, 5.41) is 0. The highest BCUT2D eigenvalue weighted by molar-refractivity contribution is 7.26. The quantitative estimate of drug-likeness (QED) is 0.398. The molecule has 1 atom stereocenters. The van der Waals surface area contributed by atoms with Crippen molar-refractivity contribution in [3.63, 3.8) is 0 Å². The van der Waals surface area contributed by atoms with Crippen molar-refractivity contribution in [1.29, 1.82) is 0 Å². The topological polar surface area (TPSA) is 18.5 Å². The fraction of sp³-hybridized carbons (Fsp3) is 1.00. The molecule has 0 saturated heterocycles. The fourth-order valence-corrected chi connectivity index (χ4v) is 1.58. The Morgan fingerprint density at radius 2 is 1.54 bits per heavy atom. The van der Waals surface area contributed by atoms with E-state index in [2.05, 4.69) is 6.92 Å². The zero-order valence-corrected chi connectivity index (χ0v) is 9.97. The van der Waals surface area contributed by atoms with Crippen molar-refractivity contribution >= 4 is 9.03 Å². The molecule has 0 spiro atoms. The molecule has 13 heavy (non-hydrogen) atoms. The molecule has 0 aliphatic rings. The van der Waals surface area contributed by atoms with Gasteiger partial charge < -0.3 is 9.05 Å². The minimum absolute atomic E-state index is 0.227. The third kappa shape index (κ3) is 12.4. The molecule has 0 rings (SSSR count). The molecular weight excluding hydrogens is 183 g/mol. The second-order valence-corrected chi connectivity index (χ2v) is 4.12. The zero-order valence-electron chi connectivity index (χ0n) is 8.97. The Hall–Kier alpha value is 0.350. The summed E-state index contributed by atoms with van der Waals surface area (Å²) < 4.78 is 10.0. The lowest BCUT2D eigenvalue weighted by Gasteiger charge is -2.01. The summed E-state index contributed by atoms with van der Waals surface area (Å²) in [6.07, 6.45) is 9.36. The second kappa shape index (κ2) is 12.3. The molecular formula is C10H23O2P. The average molecular weight is 206 g/mol. The predicted molar refractivity (Wildman–Crippen MR) is 59.3 cm³/mol. The summed E-state index contributed by atoms with van der Waals surface area (Å²) in [5.74, 6) is 0. The van der Waals surface area contributed by atoms with Crippen LogP contribution in [0.5, 0.6) is 0 Å². The normalized spacial score (nSPS) is 11.5. The number of unbranched alkanes of at least 4 members (excludes halogenated alkanes) is 6. The molecule has 0 radical (unpaired) electrons. The second-order valence-electron chi connectivity index (χ2n) is 3.26. The first-order chi connectivity index (χ1) is 6.41. The molecule has 0 aliphatic carbocycles. The number of hydrogen-bond donors (Lipinski definition) is 0. The Labute approximate surface area is 84.3 Å². The highest BCUT2D eigenvalue weighted by atomic mass is 31.1. The van der Waals surface area contributed by atoms with Crippen molar-refractivity contribution in [2.75, 3.05) is 13.7 Å². The summed E-state index contributed by atoms with van der Waals surface area (Å²) in [7, 11) is 1.90. The van der Waals surface area contributed by atoms with Gasteiger partial charge in [-0.1, -0.05) is 45.4 Å². The van der Waals surface area contributed by atoms with Crippen LogP contribution in [0, 0.1) is 0 Å². The molecule has 0 aromatic heterocycles. The molecule has 0 aromatic carbocycles. The Morgan fingerprint density at radius 3 is 2.15 bits per heavy atom. The standard InChI is InChI=1S/C10H23O2P/c1-3-4-5-6-7-8-9-10-12-13-11-2/h13H,3-10H2,1-2H3. The van der Waals surface area contributed by atoms with E-state index in [1.165, 1.54) is 44.9 Å². The van der Waals surface area contributed by atoms with Crippen LogP contribution in [-0.2, 0) is 9.05 Å². The molecule has 0 aliphatic heterocycles. The molecule has 0 saturated carbocycles. The maximum Gasteiger partial charge on any atom is 0.154 e. The van der Waals surface area contributed by atoms with E-state index < -0.39 is 0 Å². The Bertz CT molecular complexity index is 79.0. The highest BCUT2D eigenvalue weighted by Crippen LogP contribution is 2.13. The molecule has 0 N–H and O–H groups in total. The molecule has 0 bridgehead atoms. The molecule has 0 fully saturated rings. The van der Waals surface area contributed by atoms with Gasteiger partial charge in [0, 0.05) is 7.11 Å². The molecule has 2 nitrogen and oxygen atoms in total. The van der Waals surface area contributed by atoms with Crippen molar-refractivity contribution in [3.8, 4) is 0 Å². The number of hydrogen-bond acceptors (Lipinski definition) is 2. The van der Waals surface area contributed by atoms with Gasteiger partial charge in [-0.15, -0.1) is 0 Å². The van der Waals surface area contributed by atoms with E-state index >= 15 is 0 Å². The monoisotopic (exact) mass is 206 g/mol. The third-order valence-electron chi connectivity index (χ3n) is 1.99. The van der Waals surface area contributed by atoms with Crippen LogP contribution in [0.3, 0.4) is 0 Å². The van der Waals surface area contributed by atoms with Gasteiger partial charge in [-0.25, -0.2) is 0 Å². The maximum absolute atomic E-state index is 5.22. The van der Waals surface area contributed by atoms with Crippen LogP contribution in [0.2, 0.25) is 0 Å². The van der Waals surface area contributed by atoms with Crippen LogP contribution >= 0.6 is 9.03 Å². The maximum atomic E-state index is 5.22. The Morgan fingerprint density at radius 1 is 0.923 bits per heavy atom. The minimum Gasteiger partial charge on any atom is -0.340 e. The molecule has 3 heteroatoms. The summed E-state index contributed by atoms with van der Waals surface area (Å²) in [6, 6.07) is 0. The lowest BCUT2D eigenvalue weighted by molar-refractivity contribution is 0.292. The van der Waals surface area contributed by atoms with E-state index in [4.69, 9.17) is 9.05 Å². The van der Waals surface area contributed by atoms with Crippen molar-refractivity contribution < 1.29 is 9.05 Å². The van der Waals surface area contributed by atoms with Gasteiger partial charge >= 0.3 is 0 Å². The molecule has 1 unspecified atom stereocenters. The van der Waals surface area contributed by atoms with Gasteiger partial charge in [0.15, 0.2) is 9.03 Å². The molecule has 0 amide bonds. The van der Waals surface area contributed by atoms with Crippen molar-refractivity contribution in [3.05, 3.63) is 0 Å². The largest absolute Gasteiger partial charge is 0.340 e. The van der Waals surface area contributed by atoms with Gasteiger partial charge in [-0.05, 0) is 6.42 Å². The van der Waals surface area contributed by atoms with E-state index in [-0.39, 0.29) is 9.03 Å². The third-order valence-corrected chi connectivity index (χ3v) is 2.48. The van der Waals surface area contributed by atoms with E-state index in [0.29, 0.717) is 0 Å². The van der Waals surface area contributed by atoms with Crippen molar-refractivity contribution in [2.45, 2.75) is 51.9 Å². The van der Waals surface area contributed by atoms with Crippen LogP contribution in [0.4, 0.5) is 0 Å². The highest BCUT2D eigenvalue weighted by Gasteiger charge is 1.90. The Balaban J connectivity index is 2.76. The van der Waals surface area contributed by atoms with Crippen molar-refractivity contribution in [1.82, 2.24) is 0 Å². The van der Waals surface area contributed by atoms with Crippen LogP contribution in [0.1, 0.15) is 51.9 Å². The van der Waals surface area contributed by atoms with Gasteiger partial charge in [0.1, 0.15) is 0 Å². The first kappa shape index (κ1) is 13.4. The first-order valence-corrected chi connectivity index (χ1v) is 6.13. The van der Waals surface area contributed by atoms with Crippen LogP contribution in [0.25, 0.3) is 0 Å². The first-order valence-electron chi connectivity index (χ1n) is 5.31. The number of rotatable bonds is 10. The van der Waals surface area contributed by atoms with Gasteiger partial charge in [0.2, 0.25) is 0 Å². The van der Waals surface area contributed by atoms with Crippen LogP contribution < -0.4 is 0 Å². The summed E-state index contributed by atoms with van der Waals surface area (Å²) in [6.45, 7) is 3.11. The minimum atomic E-state index is 0.227. The smallest absolute Gasteiger partial charge is 0.154 e. The fourth-order valence-electron chi connectivity index (χ4n) is 1.23. The van der Waals surface area contributed by atoms with Gasteiger partial charge in [-0.2, -0.15) is 0 Å². The van der Waals surface area contributed by atoms with E-state index in [9.17, 15) is 0 Å². The van der Waals surface area contributed by atoms with Gasteiger partial charge in [-0.3, -0.25) is 0 Å². The van der Waals surface area contributed by atoms with Gasteiger partial charge in [0.05, 0.1) is 6.61 Å². The van der Waals surface area contributed by atoms with E-state index in [1.54, 1.807) is 7.11 Å². The SMILES string of the molecule is CCCCCCCCCOPOC. The molecule has 0 heterocycles. The van der Waals surface area contributed by atoms with Crippen LogP contribution in [-0.4, -0.2) is 13.7 Å². The van der Waals surface area contributed by atoms with Crippen molar-refractivity contribution in [2.24, 2.45) is 0 Å². The van der Waals surface area contributed by atoms with E-state index in [1.807, 2.05) is 0 Å². The predicted octanol–water partition coefficient (Wildman–Crippen LogP) is 3.91.